The van der Waals surface area contributed by atoms with Gasteiger partial charge in [0.15, 0.2) is 5.82 Å². The second kappa shape index (κ2) is 2.48. The van der Waals surface area contributed by atoms with Gasteiger partial charge in [0, 0.05) is 5.39 Å². The molecule has 0 radical (unpaired) electrons. The van der Waals surface area contributed by atoms with Crippen molar-refractivity contribution >= 4 is 22.6 Å². The maximum atomic E-state index is 11.0. The average molecular weight is 176 g/mol. The van der Waals surface area contributed by atoms with Crippen molar-refractivity contribution in [3.05, 3.63) is 23.8 Å². The van der Waals surface area contributed by atoms with E-state index in [9.17, 15) is 4.79 Å². The van der Waals surface area contributed by atoms with E-state index >= 15 is 0 Å². The minimum atomic E-state index is -0.491. The second-order valence-corrected chi connectivity index (χ2v) is 2.70. The summed E-state index contributed by atoms with van der Waals surface area (Å²) < 4.78 is 0. The summed E-state index contributed by atoms with van der Waals surface area (Å²) in [7, 11) is 0. The van der Waals surface area contributed by atoms with E-state index in [0.717, 1.165) is 5.39 Å². The van der Waals surface area contributed by atoms with Crippen LogP contribution in [0.4, 0.5) is 5.82 Å². The van der Waals surface area contributed by atoms with Crippen LogP contribution in [0.25, 0.3) is 10.9 Å². The first-order valence-electron chi connectivity index (χ1n) is 3.72. The van der Waals surface area contributed by atoms with Crippen LogP contribution in [0.15, 0.2) is 18.2 Å². The average Bonchev–Trinajstić information content (AvgIpc) is 2.48. The smallest absolute Gasteiger partial charge is 0.250 e. The van der Waals surface area contributed by atoms with Crippen LogP contribution in [-0.4, -0.2) is 16.1 Å². The Kier molecular flexibility index (Phi) is 1.45. The Labute approximate surface area is 73.7 Å². The molecule has 1 heterocycles. The highest BCUT2D eigenvalue weighted by Gasteiger charge is 2.09. The fraction of sp³-hybridized carbons (Fsp3) is 0. The molecule has 0 aliphatic heterocycles. The highest BCUT2D eigenvalue weighted by molar-refractivity contribution is 6.06. The molecule has 13 heavy (non-hydrogen) atoms. The Hall–Kier alpha value is -2.04. The van der Waals surface area contributed by atoms with Crippen molar-refractivity contribution in [2.45, 2.75) is 0 Å². The molecule has 0 fully saturated rings. The van der Waals surface area contributed by atoms with Crippen molar-refractivity contribution in [2.24, 2.45) is 5.73 Å². The van der Waals surface area contributed by atoms with E-state index in [0.29, 0.717) is 16.9 Å². The first kappa shape index (κ1) is 7.60. The molecule has 0 spiro atoms. The van der Waals surface area contributed by atoms with Gasteiger partial charge in [-0.05, 0) is 12.1 Å². The van der Waals surface area contributed by atoms with Crippen LogP contribution < -0.4 is 11.5 Å². The molecule has 0 atom stereocenters. The van der Waals surface area contributed by atoms with Crippen molar-refractivity contribution in [1.82, 2.24) is 10.2 Å². The van der Waals surface area contributed by atoms with Gasteiger partial charge in [-0.3, -0.25) is 9.89 Å². The summed E-state index contributed by atoms with van der Waals surface area (Å²) in [5.74, 6) is -0.118. The van der Waals surface area contributed by atoms with E-state index in [2.05, 4.69) is 10.2 Å². The van der Waals surface area contributed by atoms with Gasteiger partial charge in [0.25, 0.3) is 5.91 Å². The molecule has 5 heteroatoms. The van der Waals surface area contributed by atoms with Gasteiger partial charge in [-0.15, -0.1) is 0 Å². The van der Waals surface area contributed by atoms with Crippen LogP contribution in [0, 0.1) is 0 Å². The monoisotopic (exact) mass is 176 g/mol. The minimum absolute atomic E-state index is 0.373. The van der Waals surface area contributed by atoms with Crippen molar-refractivity contribution in [3.8, 4) is 0 Å². The Morgan fingerprint density at radius 2 is 2.23 bits per heavy atom. The molecule has 0 aliphatic rings. The number of amides is 1. The van der Waals surface area contributed by atoms with E-state index in [1.807, 2.05) is 0 Å². The van der Waals surface area contributed by atoms with Crippen LogP contribution in [0.3, 0.4) is 0 Å². The number of carbonyl (C=O) groups is 1. The number of nitrogens with one attached hydrogen (secondary N) is 1. The molecule has 2 aromatic rings. The summed E-state index contributed by atoms with van der Waals surface area (Å²) in [6.07, 6.45) is 0. The van der Waals surface area contributed by atoms with Crippen LogP contribution in [-0.2, 0) is 0 Å². The van der Waals surface area contributed by atoms with Crippen LogP contribution in [0.1, 0.15) is 10.4 Å². The topological polar surface area (TPSA) is 97.8 Å². The van der Waals surface area contributed by atoms with Gasteiger partial charge < -0.3 is 11.5 Å². The van der Waals surface area contributed by atoms with Gasteiger partial charge in [-0.2, -0.15) is 5.10 Å². The summed E-state index contributed by atoms with van der Waals surface area (Å²) in [6, 6.07) is 5.12. The minimum Gasteiger partial charge on any atom is -0.382 e. The Balaban J connectivity index is 2.84. The molecule has 1 aromatic carbocycles. The summed E-state index contributed by atoms with van der Waals surface area (Å²) in [5.41, 5.74) is 11.7. The molecule has 0 saturated heterocycles. The maximum absolute atomic E-state index is 11.0. The molecule has 5 N–H and O–H groups in total. The highest BCUT2D eigenvalue weighted by Crippen LogP contribution is 2.20. The van der Waals surface area contributed by atoms with Gasteiger partial charge in [0.05, 0.1) is 11.1 Å². The van der Waals surface area contributed by atoms with Crippen LogP contribution >= 0.6 is 0 Å². The van der Waals surface area contributed by atoms with Gasteiger partial charge in [0.2, 0.25) is 0 Å². The van der Waals surface area contributed by atoms with Gasteiger partial charge in [-0.1, -0.05) is 6.07 Å². The molecule has 0 saturated carbocycles. The lowest BCUT2D eigenvalue weighted by molar-refractivity contribution is 0.100. The van der Waals surface area contributed by atoms with Gasteiger partial charge >= 0.3 is 0 Å². The fourth-order valence-corrected chi connectivity index (χ4v) is 1.27. The lowest BCUT2D eigenvalue weighted by Gasteiger charge is -1.95. The maximum Gasteiger partial charge on any atom is 0.250 e. The van der Waals surface area contributed by atoms with Crippen LogP contribution in [0.2, 0.25) is 0 Å². The predicted octanol–water partition coefficient (Wildman–Crippen LogP) is 0.244. The number of hydrogen-bond acceptors (Lipinski definition) is 3. The molecule has 0 unspecified atom stereocenters. The zero-order chi connectivity index (χ0) is 9.42. The number of hydrogen-bond donors (Lipinski definition) is 3. The summed E-state index contributed by atoms with van der Waals surface area (Å²) in [4.78, 5) is 11.0. The van der Waals surface area contributed by atoms with Crippen molar-refractivity contribution in [2.75, 3.05) is 5.73 Å². The molecule has 1 aromatic heterocycles. The molecule has 66 valence electrons. The molecule has 0 aliphatic carbocycles. The Morgan fingerprint density at radius 1 is 1.46 bits per heavy atom. The fourth-order valence-electron chi connectivity index (χ4n) is 1.27. The summed E-state index contributed by atoms with van der Waals surface area (Å²) >= 11 is 0. The normalized spacial score (nSPS) is 10.5. The first-order chi connectivity index (χ1) is 6.20. The number of fused-ring (bicyclic) bond motifs is 1. The Morgan fingerprint density at radius 3 is 2.92 bits per heavy atom. The number of primary amides is 1. The first-order valence-corrected chi connectivity index (χ1v) is 3.72. The predicted molar refractivity (Wildman–Crippen MR) is 49.0 cm³/mol. The summed E-state index contributed by atoms with van der Waals surface area (Å²) in [5, 5.41) is 7.16. The number of carbonyl (C=O) groups excluding carboxylic acids is 1. The third-order valence-electron chi connectivity index (χ3n) is 1.89. The number of rotatable bonds is 1. The molecule has 5 nitrogen and oxygen atoms in total. The van der Waals surface area contributed by atoms with Crippen LogP contribution in [0.5, 0.6) is 0 Å². The number of aromatic amines is 1. The zero-order valence-corrected chi connectivity index (χ0v) is 6.74. The van der Waals surface area contributed by atoms with Crippen molar-refractivity contribution < 1.29 is 4.79 Å². The lowest BCUT2D eigenvalue weighted by Crippen LogP contribution is -2.11. The summed E-state index contributed by atoms with van der Waals surface area (Å²) in [6.45, 7) is 0. The van der Waals surface area contributed by atoms with E-state index < -0.39 is 5.91 Å². The highest BCUT2D eigenvalue weighted by atomic mass is 16.1. The standard InChI is InChI=1S/C8H8N4O/c9-7-4-2-1-3-5(8(10)13)6(4)11-12-7/h1-3H,(H2,10,13)(H3,9,11,12). The SMILES string of the molecule is NC(=O)c1cccc2c(N)n[nH]c12. The number of para-hydroxylation sites is 1. The van der Waals surface area contributed by atoms with E-state index in [-0.39, 0.29) is 0 Å². The van der Waals surface area contributed by atoms with Crippen molar-refractivity contribution in [1.29, 1.82) is 0 Å². The number of nitrogens with zero attached hydrogens (tertiary/aromatic N) is 1. The van der Waals surface area contributed by atoms with E-state index in [4.69, 9.17) is 11.5 Å². The zero-order valence-electron chi connectivity index (χ0n) is 6.74. The Bertz CT molecular complexity index is 474. The largest absolute Gasteiger partial charge is 0.382 e. The third kappa shape index (κ3) is 1.01. The van der Waals surface area contributed by atoms with Crippen molar-refractivity contribution in [3.63, 3.8) is 0 Å². The molecular weight excluding hydrogens is 168 g/mol. The van der Waals surface area contributed by atoms with E-state index in [1.54, 1.807) is 18.2 Å². The molecule has 0 bridgehead atoms. The van der Waals surface area contributed by atoms with E-state index in [1.165, 1.54) is 0 Å². The number of nitrogens with two attached hydrogens (primary N) is 2. The number of H-pyrrole nitrogens is 1. The molecular formula is C8H8N4O. The third-order valence-corrected chi connectivity index (χ3v) is 1.89. The van der Waals surface area contributed by atoms with Gasteiger partial charge in [0.1, 0.15) is 0 Å². The molecule has 2 rings (SSSR count). The number of anilines is 1. The van der Waals surface area contributed by atoms with Gasteiger partial charge in [-0.25, -0.2) is 0 Å². The second-order valence-electron chi connectivity index (χ2n) is 2.70. The lowest BCUT2D eigenvalue weighted by atomic mass is 10.1. The molecule has 1 amide bonds. The number of nitrogen functional groups attached to an aromatic ring is 1. The quantitative estimate of drug-likeness (QED) is 0.580. The number of aromatic nitrogens is 2. The number of benzene rings is 1.